The van der Waals surface area contributed by atoms with Crippen LogP contribution in [0.15, 0.2) is 0 Å². The molecule has 128 valence electrons. The first kappa shape index (κ1) is 20.1. The highest BCUT2D eigenvalue weighted by atomic mass is 15.3. The Morgan fingerprint density at radius 3 is 0.708 bits per heavy atom. The van der Waals surface area contributed by atoms with E-state index in [1.165, 1.54) is 0 Å². The fraction of sp³-hybridized carbons (Fsp3) is 0.600. The van der Waals surface area contributed by atoms with E-state index in [9.17, 15) is 0 Å². The summed E-state index contributed by atoms with van der Waals surface area (Å²) in [6.45, 7) is 9.86. The molecule has 0 aliphatic carbocycles. The minimum Gasteiger partial charge on any atom is -0.290 e. The van der Waals surface area contributed by atoms with Crippen LogP contribution >= 0.6 is 0 Å². The van der Waals surface area contributed by atoms with Gasteiger partial charge in [-0.2, -0.15) is 0 Å². The Morgan fingerprint density at radius 2 is 0.583 bits per heavy atom. The van der Waals surface area contributed by atoms with Crippen molar-refractivity contribution in [1.29, 1.82) is 0 Å². The lowest BCUT2D eigenvalue weighted by Gasteiger charge is -2.32. The highest BCUT2D eigenvalue weighted by Crippen LogP contribution is 2.00. The van der Waals surface area contributed by atoms with Crippen LogP contribution in [0.5, 0.6) is 0 Å². The second-order valence-electron chi connectivity index (χ2n) is 5.92. The number of hydrogen-bond acceptors (Lipinski definition) is 4. The molecular formula is C20H28N4. The first-order chi connectivity index (χ1) is 11.7. The van der Waals surface area contributed by atoms with E-state index in [4.69, 9.17) is 25.7 Å². The van der Waals surface area contributed by atoms with Gasteiger partial charge in [0.25, 0.3) is 0 Å². The van der Waals surface area contributed by atoms with Crippen molar-refractivity contribution in [3.05, 3.63) is 0 Å². The van der Waals surface area contributed by atoms with Gasteiger partial charge >= 0.3 is 0 Å². The Bertz CT molecular complexity index is 402. The minimum atomic E-state index is 0.650. The molecule has 4 nitrogen and oxygen atoms in total. The second kappa shape index (κ2) is 12.5. The predicted molar refractivity (Wildman–Crippen MR) is 101 cm³/mol. The van der Waals surface area contributed by atoms with Gasteiger partial charge < -0.3 is 0 Å². The SMILES string of the molecule is C#CCN1CCN(CC#C)CCN(CC#C)CCN(CC#C)CC1. The number of nitrogens with zero attached hydrogens (tertiary/aromatic N) is 4. The van der Waals surface area contributed by atoms with E-state index in [-0.39, 0.29) is 0 Å². The first-order valence-corrected chi connectivity index (χ1v) is 8.36. The molecule has 24 heavy (non-hydrogen) atoms. The molecule has 1 aliphatic rings. The third kappa shape index (κ3) is 8.08. The first-order valence-electron chi connectivity index (χ1n) is 8.36. The fourth-order valence-corrected chi connectivity index (χ4v) is 2.73. The van der Waals surface area contributed by atoms with Crippen molar-refractivity contribution in [2.75, 3.05) is 78.5 Å². The largest absolute Gasteiger partial charge is 0.290 e. The topological polar surface area (TPSA) is 13.0 Å². The molecule has 0 atom stereocenters. The fourth-order valence-electron chi connectivity index (χ4n) is 2.73. The van der Waals surface area contributed by atoms with Crippen LogP contribution in [-0.4, -0.2) is 98.1 Å². The molecular weight excluding hydrogens is 296 g/mol. The predicted octanol–water partition coefficient (Wildman–Crippen LogP) is -0.259. The molecule has 1 aliphatic heterocycles. The summed E-state index contributed by atoms with van der Waals surface area (Å²) >= 11 is 0. The molecule has 1 fully saturated rings. The van der Waals surface area contributed by atoms with Gasteiger partial charge in [-0.15, -0.1) is 25.7 Å². The molecule has 1 heterocycles. The smallest absolute Gasteiger partial charge is 0.0599 e. The Kier molecular flexibility index (Phi) is 10.5. The van der Waals surface area contributed by atoms with E-state index in [2.05, 4.69) is 43.3 Å². The van der Waals surface area contributed by atoms with Crippen molar-refractivity contribution in [3.8, 4) is 49.4 Å². The molecule has 4 heteroatoms. The molecule has 0 amide bonds. The Labute approximate surface area is 148 Å². The highest BCUT2D eigenvalue weighted by Gasteiger charge is 2.15. The molecule has 0 unspecified atom stereocenters. The maximum atomic E-state index is 5.50. The van der Waals surface area contributed by atoms with Gasteiger partial charge in [-0.3, -0.25) is 19.6 Å². The van der Waals surface area contributed by atoms with Crippen LogP contribution < -0.4 is 0 Å². The second-order valence-corrected chi connectivity index (χ2v) is 5.92. The molecule has 0 spiro atoms. The van der Waals surface area contributed by atoms with E-state index >= 15 is 0 Å². The summed E-state index contributed by atoms with van der Waals surface area (Å²) in [5.41, 5.74) is 0. The summed E-state index contributed by atoms with van der Waals surface area (Å²) in [5.74, 6) is 11.0. The zero-order valence-corrected chi connectivity index (χ0v) is 14.6. The molecule has 0 aromatic carbocycles. The van der Waals surface area contributed by atoms with Gasteiger partial charge in [0.15, 0.2) is 0 Å². The van der Waals surface area contributed by atoms with Gasteiger partial charge in [0.05, 0.1) is 26.2 Å². The average molecular weight is 324 g/mol. The summed E-state index contributed by atoms with van der Waals surface area (Å²) in [7, 11) is 0. The summed E-state index contributed by atoms with van der Waals surface area (Å²) in [5, 5.41) is 0. The monoisotopic (exact) mass is 324 g/mol. The zero-order valence-electron chi connectivity index (χ0n) is 14.6. The quantitative estimate of drug-likeness (QED) is 0.661. The summed E-state index contributed by atoms with van der Waals surface area (Å²) in [6, 6.07) is 0. The zero-order chi connectivity index (χ0) is 17.6. The lowest BCUT2D eigenvalue weighted by atomic mass is 10.3. The van der Waals surface area contributed by atoms with E-state index in [1.807, 2.05) is 0 Å². The maximum absolute atomic E-state index is 5.50. The summed E-state index contributed by atoms with van der Waals surface area (Å²) in [4.78, 5) is 9.14. The van der Waals surface area contributed by atoms with Crippen molar-refractivity contribution in [2.45, 2.75) is 0 Å². The molecule has 0 N–H and O–H groups in total. The Morgan fingerprint density at radius 1 is 0.417 bits per heavy atom. The van der Waals surface area contributed by atoms with Crippen molar-refractivity contribution in [3.63, 3.8) is 0 Å². The van der Waals surface area contributed by atoms with Crippen molar-refractivity contribution >= 4 is 0 Å². The van der Waals surface area contributed by atoms with Crippen molar-refractivity contribution < 1.29 is 0 Å². The van der Waals surface area contributed by atoms with E-state index in [0.717, 1.165) is 52.4 Å². The van der Waals surface area contributed by atoms with Crippen molar-refractivity contribution in [2.24, 2.45) is 0 Å². The molecule has 0 saturated carbocycles. The Balaban J connectivity index is 2.77. The summed E-state index contributed by atoms with van der Waals surface area (Å²) in [6.07, 6.45) is 22.0. The van der Waals surface area contributed by atoms with E-state index in [0.29, 0.717) is 26.2 Å². The van der Waals surface area contributed by atoms with Gasteiger partial charge in [-0.05, 0) is 0 Å². The van der Waals surface area contributed by atoms with Crippen molar-refractivity contribution in [1.82, 2.24) is 19.6 Å². The Hall–Kier alpha value is -1.92. The third-order valence-corrected chi connectivity index (χ3v) is 4.19. The maximum Gasteiger partial charge on any atom is 0.0599 e. The van der Waals surface area contributed by atoms with Gasteiger partial charge in [-0.1, -0.05) is 23.7 Å². The summed E-state index contributed by atoms with van der Waals surface area (Å²) < 4.78 is 0. The molecule has 1 saturated heterocycles. The van der Waals surface area contributed by atoms with Crippen LogP contribution in [0.3, 0.4) is 0 Å². The standard InChI is InChI=1S/C20H28N4/c1-5-9-21-13-15-22(10-6-2)17-19-24(12-8-4)20-18-23(11-7-3)16-14-21/h1-4H,9-20H2. The number of rotatable bonds is 4. The molecule has 0 aromatic heterocycles. The average Bonchev–Trinajstić information content (AvgIpc) is 2.57. The minimum absolute atomic E-state index is 0.650. The van der Waals surface area contributed by atoms with Gasteiger partial charge in [0.2, 0.25) is 0 Å². The number of terminal acetylenes is 4. The van der Waals surface area contributed by atoms with Crippen LogP contribution in [0.4, 0.5) is 0 Å². The van der Waals surface area contributed by atoms with Gasteiger partial charge in [0.1, 0.15) is 0 Å². The highest BCUT2D eigenvalue weighted by molar-refractivity contribution is 4.93. The molecule has 0 radical (unpaired) electrons. The molecule has 0 aromatic rings. The van der Waals surface area contributed by atoms with Crippen LogP contribution in [-0.2, 0) is 0 Å². The van der Waals surface area contributed by atoms with Crippen LogP contribution in [0.1, 0.15) is 0 Å². The third-order valence-electron chi connectivity index (χ3n) is 4.19. The van der Waals surface area contributed by atoms with Crippen LogP contribution in [0.2, 0.25) is 0 Å². The van der Waals surface area contributed by atoms with Crippen LogP contribution in [0, 0.1) is 49.4 Å². The normalized spacial score (nSPS) is 19.8. The molecule has 1 rings (SSSR count). The lowest BCUT2D eigenvalue weighted by molar-refractivity contribution is 0.157. The number of hydrogen-bond donors (Lipinski definition) is 0. The van der Waals surface area contributed by atoms with E-state index in [1.54, 1.807) is 0 Å². The van der Waals surface area contributed by atoms with E-state index < -0.39 is 0 Å². The molecule has 0 bridgehead atoms. The van der Waals surface area contributed by atoms with Gasteiger partial charge in [0, 0.05) is 52.4 Å². The van der Waals surface area contributed by atoms with Gasteiger partial charge in [-0.25, -0.2) is 0 Å². The van der Waals surface area contributed by atoms with Crippen LogP contribution in [0.25, 0.3) is 0 Å². The lowest BCUT2D eigenvalue weighted by Crippen LogP contribution is -2.46.